The fourth-order valence-electron chi connectivity index (χ4n) is 2.13. The number of alkyl halides is 1. The molecule has 0 amide bonds. The Morgan fingerprint density at radius 2 is 2.07 bits per heavy atom. The highest BCUT2D eigenvalue weighted by Gasteiger charge is 2.37. The lowest BCUT2D eigenvalue weighted by Gasteiger charge is -2.27. The van der Waals surface area contributed by atoms with Crippen molar-refractivity contribution in [2.45, 2.75) is 19.0 Å². The minimum Gasteiger partial charge on any atom is -0.316 e. The van der Waals surface area contributed by atoms with Crippen LogP contribution < -0.4 is 5.32 Å². The summed E-state index contributed by atoms with van der Waals surface area (Å²) in [4.78, 5) is 0. The number of hydrogen-bond acceptors (Lipinski definition) is 1. The first-order valence-corrected chi connectivity index (χ1v) is 5.64. The summed E-state index contributed by atoms with van der Waals surface area (Å²) >= 11 is 5.79. The summed E-state index contributed by atoms with van der Waals surface area (Å²) in [5, 5.41) is 3.85. The second-order valence-electron chi connectivity index (χ2n) is 4.27. The lowest BCUT2D eigenvalue weighted by Crippen LogP contribution is -2.28. The van der Waals surface area contributed by atoms with Crippen LogP contribution in [0.2, 0.25) is 5.02 Å². The monoisotopic (exact) mass is 227 g/mol. The van der Waals surface area contributed by atoms with Crippen LogP contribution in [0.4, 0.5) is 4.39 Å². The van der Waals surface area contributed by atoms with Crippen molar-refractivity contribution in [2.75, 3.05) is 13.1 Å². The normalized spacial score (nSPS) is 25.1. The molecule has 0 bridgehead atoms. The van der Waals surface area contributed by atoms with Crippen LogP contribution in [-0.4, -0.2) is 13.1 Å². The van der Waals surface area contributed by atoms with Crippen molar-refractivity contribution in [1.82, 2.24) is 5.32 Å². The van der Waals surface area contributed by atoms with Crippen LogP contribution in [0.25, 0.3) is 0 Å². The van der Waals surface area contributed by atoms with E-state index in [0.29, 0.717) is 5.02 Å². The molecule has 1 N–H and O–H groups in total. The lowest BCUT2D eigenvalue weighted by molar-refractivity contribution is 0.112. The molecule has 2 atom stereocenters. The zero-order chi connectivity index (χ0) is 10.9. The molecule has 1 saturated heterocycles. The van der Waals surface area contributed by atoms with Crippen LogP contribution in [0.5, 0.6) is 0 Å². The predicted octanol–water partition coefficient (Wildman–Crippen LogP) is 3.13. The van der Waals surface area contributed by atoms with Gasteiger partial charge in [0, 0.05) is 17.5 Å². The van der Waals surface area contributed by atoms with Crippen LogP contribution in [0.1, 0.15) is 18.9 Å². The van der Waals surface area contributed by atoms with Gasteiger partial charge < -0.3 is 5.32 Å². The van der Waals surface area contributed by atoms with E-state index in [0.717, 1.165) is 25.1 Å². The smallest absolute Gasteiger partial charge is 0.137 e. The molecule has 0 radical (unpaired) electrons. The fraction of sp³-hybridized carbons (Fsp3) is 0.500. The Morgan fingerprint density at radius 3 is 2.60 bits per heavy atom. The predicted molar refractivity (Wildman–Crippen MR) is 60.9 cm³/mol. The molecule has 1 aromatic rings. The van der Waals surface area contributed by atoms with Gasteiger partial charge in [-0.25, -0.2) is 4.39 Å². The first-order chi connectivity index (χ1) is 7.10. The minimum absolute atomic E-state index is 0.0682. The molecule has 1 aliphatic rings. The van der Waals surface area contributed by atoms with Crippen molar-refractivity contribution in [2.24, 2.45) is 5.92 Å². The molecule has 0 aliphatic carbocycles. The van der Waals surface area contributed by atoms with Crippen molar-refractivity contribution >= 4 is 11.6 Å². The summed E-state index contributed by atoms with van der Waals surface area (Å²) < 4.78 is 14.6. The number of hydrogen-bond donors (Lipinski definition) is 1. The standard InChI is InChI=1S/C12H15ClFN/c1-12(14,10-6-7-15-8-10)9-2-4-11(13)5-3-9/h2-5,10,15H,6-8H2,1H3. The van der Waals surface area contributed by atoms with Gasteiger partial charge in [-0.1, -0.05) is 23.7 Å². The molecule has 2 unspecified atom stereocenters. The largest absolute Gasteiger partial charge is 0.316 e. The van der Waals surface area contributed by atoms with Crippen LogP contribution in [0.3, 0.4) is 0 Å². The van der Waals surface area contributed by atoms with Crippen molar-refractivity contribution < 1.29 is 4.39 Å². The topological polar surface area (TPSA) is 12.0 Å². The zero-order valence-corrected chi connectivity index (χ0v) is 9.52. The molecule has 1 heterocycles. The van der Waals surface area contributed by atoms with E-state index in [1.807, 2.05) is 0 Å². The maximum absolute atomic E-state index is 14.6. The molecule has 15 heavy (non-hydrogen) atoms. The molecule has 1 nitrogen and oxygen atoms in total. The minimum atomic E-state index is -1.26. The Bertz CT molecular complexity index is 328. The van der Waals surface area contributed by atoms with E-state index in [-0.39, 0.29) is 5.92 Å². The molecule has 0 saturated carbocycles. The van der Waals surface area contributed by atoms with E-state index in [2.05, 4.69) is 5.32 Å². The van der Waals surface area contributed by atoms with Crippen LogP contribution in [0, 0.1) is 5.92 Å². The first-order valence-electron chi connectivity index (χ1n) is 5.26. The van der Waals surface area contributed by atoms with E-state index in [1.54, 1.807) is 31.2 Å². The van der Waals surface area contributed by atoms with Crippen molar-refractivity contribution in [1.29, 1.82) is 0 Å². The summed E-state index contributed by atoms with van der Waals surface area (Å²) in [5.74, 6) is 0.0682. The van der Waals surface area contributed by atoms with E-state index < -0.39 is 5.67 Å². The summed E-state index contributed by atoms with van der Waals surface area (Å²) in [5.41, 5.74) is -0.533. The Hall–Kier alpha value is -0.600. The summed E-state index contributed by atoms with van der Waals surface area (Å²) in [6.07, 6.45) is 0.898. The molecular formula is C12H15ClFN. The molecule has 1 aliphatic heterocycles. The maximum Gasteiger partial charge on any atom is 0.137 e. The van der Waals surface area contributed by atoms with Gasteiger partial charge in [-0.3, -0.25) is 0 Å². The zero-order valence-electron chi connectivity index (χ0n) is 8.76. The highest BCUT2D eigenvalue weighted by molar-refractivity contribution is 6.30. The van der Waals surface area contributed by atoms with Crippen molar-refractivity contribution in [3.05, 3.63) is 34.9 Å². The average Bonchev–Trinajstić information content (AvgIpc) is 2.71. The summed E-state index contributed by atoms with van der Waals surface area (Å²) in [7, 11) is 0. The Balaban J connectivity index is 2.23. The van der Waals surface area contributed by atoms with E-state index in [9.17, 15) is 4.39 Å². The molecule has 2 rings (SSSR count). The molecular weight excluding hydrogens is 213 g/mol. The Kier molecular flexibility index (Phi) is 2.98. The first kappa shape index (κ1) is 10.9. The third kappa shape index (κ3) is 2.16. The quantitative estimate of drug-likeness (QED) is 0.819. The van der Waals surface area contributed by atoms with Crippen molar-refractivity contribution in [3.63, 3.8) is 0 Å². The van der Waals surface area contributed by atoms with Gasteiger partial charge in [-0.05, 0) is 37.6 Å². The second-order valence-corrected chi connectivity index (χ2v) is 4.71. The highest BCUT2D eigenvalue weighted by Crippen LogP contribution is 2.37. The van der Waals surface area contributed by atoms with Crippen LogP contribution in [-0.2, 0) is 5.67 Å². The fourth-order valence-corrected chi connectivity index (χ4v) is 2.25. The number of benzene rings is 1. The molecule has 1 fully saturated rings. The SMILES string of the molecule is CC(F)(c1ccc(Cl)cc1)C1CCNC1. The summed E-state index contributed by atoms with van der Waals surface area (Å²) in [6, 6.07) is 7.05. The van der Waals surface area contributed by atoms with Gasteiger partial charge in [0.25, 0.3) is 0 Å². The maximum atomic E-state index is 14.6. The molecule has 0 spiro atoms. The molecule has 1 aromatic carbocycles. The van der Waals surface area contributed by atoms with Crippen molar-refractivity contribution in [3.8, 4) is 0 Å². The van der Waals surface area contributed by atoms with E-state index >= 15 is 0 Å². The van der Waals surface area contributed by atoms with Gasteiger partial charge in [0.1, 0.15) is 5.67 Å². The van der Waals surface area contributed by atoms with Gasteiger partial charge in [-0.15, -0.1) is 0 Å². The van der Waals surface area contributed by atoms with E-state index in [4.69, 9.17) is 11.6 Å². The average molecular weight is 228 g/mol. The second kappa shape index (κ2) is 4.11. The number of rotatable bonds is 2. The highest BCUT2D eigenvalue weighted by atomic mass is 35.5. The van der Waals surface area contributed by atoms with Crippen LogP contribution in [0.15, 0.2) is 24.3 Å². The molecule has 0 aromatic heterocycles. The molecule has 82 valence electrons. The molecule has 3 heteroatoms. The van der Waals surface area contributed by atoms with Gasteiger partial charge in [0.05, 0.1) is 0 Å². The Morgan fingerprint density at radius 1 is 1.40 bits per heavy atom. The third-order valence-corrected chi connectivity index (χ3v) is 3.49. The van der Waals surface area contributed by atoms with Gasteiger partial charge in [-0.2, -0.15) is 0 Å². The summed E-state index contributed by atoms with van der Waals surface area (Å²) in [6.45, 7) is 3.33. The lowest BCUT2D eigenvalue weighted by atomic mass is 9.84. The van der Waals surface area contributed by atoms with Gasteiger partial charge >= 0.3 is 0 Å². The third-order valence-electron chi connectivity index (χ3n) is 3.24. The van der Waals surface area contributed by atoms with Gasteiger partial charge in [0.2, 0.25) is 0 Å². The Labute approximate surface area is 94.6 Å². The van der Waals surface area contributed by atoms with E-state index in [1.165, 1.54) is 0 Å². The van der Waals surface area contributed by atoms with Gasteiger partial charge in [0.15, 0.2) is 0 Å². The van der Waals surface area contributed by atoms with Crippen LogP contribution >= 0.6 is 11.6 Å². The number of nitrogens with one attached hydrogen (secondary N) is 1. The number of halogens is 2.